The van der Waals surface area contributed by atoms with E-state index in [1.54, 1.807) is 19.2 Å². The second kappa shape index (κ2) is 9.57. The summed E-state index contributed by atoms with van der Waals surface area (Å²) in [6.07, 6.45) is -0.0349. The molecule has 0 spiro atoms. The number of ether oxygens (including phenoxy) is 3. The van der Waals surface area contributed by atoms with Crippen molar-refractivity contribution in [1.29, 1.82) is 0 Å². The van der Waals surface area contributed by atoms with Crippen molar-refractivity contribution in [2.75, 3.05) is 13.7 Å². The van der Waals surface area contributed by atoms with Gasteiger partial charge < -0.3 is 19.5 Å². The first-order valence-corrected chi connectivity index (χ1v) is 8.47. The zero-order valence-electron chi connectivity index (χ0n) is 15.0. The van der Waals surface area contributed by atoms with Crippen molar-refractivity contribution in [2.24, 2.45) is 0 Å². The first-order chi connectivity index (χ1) is 12.2. The molecule has 0 aliphatic rings. The fourth-order valence-corrected chi connectivity index (χ4v) is 2.43. The van der Waals surface area contributed by atoms with Gasteiger partial charge in [0.1, 0.15) is 5.75 Å². The average Bonchev–Trinajstić information content (AvgIpc) is 2.65. The monoisotopic (exact) mass is 343 g/mol. The van der Waals surface area contributed by atoms with Gasteiger partial charge in [-0.05, 0) is 31.5 Å². The Morgan fingerprint density at radius 2 is 1.64 bits per heavy atom. The van der Waals surface area contributed by atoms with Crippen LogP contribution < -0.4 is 19.5 Å². The lowest BCUT2D eigenvalue weighted by atomic mass is 10.2. The van der Waals surface area contributed by atoms with Crippen molar-refractivity contribution in [3.05, 3.63) is 54.1 Å². The third-order valence-electron chi connectivity index (χ3n) is 3.73. The van der Waals surface area contributed by atoms with Crippen LogP contribution in [0.25, 0.3) is 0 Å². The van der Waals surface area contributed by atoms with E-state index in [0.29, 0.717) is 31.1 Å². The summed E-state index contributed by atoms with van der Waals surface area (Å²) >= 11 is 0. The molecule has 2 aromatic rings. The maximum atomic E-state index is 12.5. The van der Waals surface area contributed by atoms with Crippen molar-refractivity contribution in [1.82, 2.24) is 5.32 Å². The SMILES string of the molecule is CCOc1ccccc1CNC(=O)[C@@H](CC)Oc1ccccc1OC. The van der Waals surface area contributed by atoms with Gasteiger partial charge in [-0.15, -0.1) is 0 Å². The average molecular weight is 343 g/mol. The summed E-state index contributed by atoms with van der Waals surface area (Å²) < 4.78 is 16.7. The van der Waals surface area contributed by atoms with Gasteiger partial charge in [0, 0.05) is 12.1 Å². The highest BCUT2D eigenvalue weighted by Gasteiger charge is 2.20. The lowest BCUT2D eigenvalue weighted by Gasteiger charge is -2.19. The summed E-state index contributed by atoms with van der Waals surface area (Å²) in [5, 5.41) is 2.92. The first-order valence-electron chi connectivity index (χ1n) is 8.47. The van der Waals surface area contributed by atoms with E-state index in [-0.39, 0.29) is 5.91 Å². The zero-order chi connectivity index (χ0) is 18.1. The molecule has 0 aliphatic heterocycles. The van der Waals surface area contributed by atoms with Gasteiger partial charge >= 0.3 is 0 Å². The van der Waals surface area contributed by atoms with Crippen molar-refractivity contribution < 1.29 is 19.0 Å². The number of benzene rings is 2. The van der Waals surface area contributed by atoms with Gasteiger partial charge in [0.2, 0.25) is 0 Å². The lowest BCUT2D eigenvalue weighted by molar-refractivity contribution is -0.128. The summed E-state index contributed by atoms with van der Waals surface area (Å²) in [4.78, 5) is 12.5. The molecule has 0 fully saturated rings. The molecule has 0 saturated heterocycles. The highest BCUT2D eigenvalue weighted by atomic mass is 16.5. The van der Waals surface area contributed by atoms with Crippen LogP contribution in [0.3, 0.4) is 0 Å². The topological polar surface area (TPSA) is 56.8 Å². The van der Waals surface area contributed by atoms with Crippen LogP contribution in [-0.2, 0) is 11.3 Å². The smallest absolute Gasteiger partial charge is 0.261 e. The van der Waals surface area contributed by atoms with Gasteiger partial charge in [-0.1, -0.05) is 37.3 Å². The minimum atomic E-state index is -0.587. The predicted molar refractivity (Wildman–Crippen MR) is 97.2 cm³/mol. The Morgan fingerprint density at radius 3 is 2.28 bits per heavy atom. The van der Waals surface area contributed by atoms with Gasteiger partial charge in [0.15, 0.2) is 17.6 Å². The Labute approximate surface area is 148 Å². The number of hydrogen-bond acceptors (Lipinski definition) is 4. The molecule has 0 radical (unpaired) electrons. The fourth-order valence-electron chi connectivity index (χ4n) is 2.43. The molecule has 1 N–H and O–H groups in total. The van der Waals surface area contributed by atoms with Gasteiger partial charge in [-0.25, -0.2) is 0 Å². The summed E-state index contributed by atoms with van der Waals surface area (Å²) in [7, 11) is 1.58. The van der Waals surface area contributed by atoms with E-state index in [0.717, 1.165) is 11.3 Å². The number of carbonyl (C=O) groups is 1. The Balaban J connectivity index is 2.01. The number of rotatable bonds is 9. The van der Waals surface area contributed by atoms with E-state index in [1.807, 2.05) is 50.2 Å². The van der Waals surface area contributed by atoms with E-state index in [9.17, 15) is 4.79 Å². The molecule has 0 bridgehead atoms. The van der Waals surface area contributed by atoms with Crippen LogP contribution >= 0.6 is 0 Å². The fraction of sp³-hybridized carbons (Fsp3) is 0.350. The van der Waals surface area contributed by atoms with Crippen molar-refractivity contribution in [3.8, 4) is 17.2 Å². The van der Waals surface area contributed by atoms with Crippen LogP contribution in [0, 0.1) is 0 Å². The first kappa shape index (κ1) is 18.6. The molecule has 5 heteroatoms. The molecule has 0 unspecified atom stereocenters. The molecule has 2 aromatic carbocycles. The largest absolute Gasteiger partial charge is 0.494 e. The molecule has 134 valence electrons. The van der Waals surface area contributed by atoms with Crippen molar-refractivity contribution >= 4 is 5.91 Å². The number of para-hydroxylation sites is 3. The molecule has 5 nitrogen and oxygen atoms in total. The number of methoxy groups -OCH3 is 1. The van der Waals surface area contributed by atoms with E-state index < -0.39 is 6.10 Å². The number of amides is 1. The molecular formula is C20H25NO4. The molecule has 1 atom stereocenters. The van der Waals surface area contributed by atoms with Crippen LogP contribution in [0.1, 0.15) is 25.8 Å². The number of nitrogens with one attached hydrogen (secondary N) is 1. The molecule has 0 saturated carbocycles. The maximum absolute atomic E-state index is 12.5. The van der Waals surface area contributed by atoms with Crippen molar-refractivity contribution in [3.63, 3.8) is 0 Å². The molecule has 0 heterocycles. The second-order valence-electron chi connectivity index (χ2n) is 5.42. The van der Waals surface area contributed by atoms with E-state index in [1.165, 1.54) is 0 Å². The van der Waals surface area contributed by atoms with Crippen LogP contribution in [0.2, 0.25) is 0 Å². The van der Waals surface area contributed by atoms with E-state index in [2.05, 4.69) is 5.32 Å². The second-order valence-corrected chi connectivity index (χ2v) is 5.42. The Bertz CT molecular complexity index is 687. The summed E-state index contributed by atoms with van der Waals surface area (Å²) in [6.45, 7) is 4.82. The van der Waals surface area contributed by atoms with Gasteiger partial charge in [0.25, 0.3) is 5.91 Å². The van der Waals surface area contributed by atoms with Crippen LogP contribution in [0.4, 0.5) is 0 Å². The highest BCUT2D eigenvalue weighted by molar-refractivity contribution is 5.81. The summed E-state index contributed by atoms with van der Waals surface area (Å²) in [5.41, 5.74) is 0.935. The van der Waals surface area contributed by atoms with Gasteiger partial charge in [0.05, 0.1) is 13.7 Å². The third-order valence-corrected chi connectivity index (χ3v) is 3.73. The quantitative estimate of drug-likeness (QED) is 0.756. The Hall–Kier alpha value is -2.69. The minimum absolute atomic E-state index is 0.167. The number of hydrogen-bond donors (Lipinski definition) is 1. The van der Waals surface area contributed by atoms with Crippen molar-refractivity contribution in [2.45, 2.75) is 32.9 Å². The molecule has 2 rings (SSSR count). The Morgan fingerprint density at radius 1 is 1.00 bits per heavy atom. The third kappa shape index (κ3) is 5.14. The summed E-state index contributed by atoms with van der Waals surface area (Å²) in [6, 6.07) is 15.0. The number of carbonyl (C=O) groups excluding carboxylic acids is 1. The van der Waals surface area contributed by atoms with Crippen LogP contribution in [0.15, 0.2) is 48.5 Å². The van der Waals surface area contributed by atoms with E-state index >= 15 is 0 Å². The minimum Gasteiger partial charge on any atom is -0.494 e. The normalized spacial score (nSPS) is 11.5. The van der Waals surface area contributed by atoms with Gasteiger partial charge in [-0.3, -0.25) is 4.79 Å². The van der Waals surface area contributed by atoms with Crippen LogP contribution in [-0.4, -0.2) is 25.7 Å². The molecule has 25 heavy (non-hydrogen) atoms. The molecular weight excluding hydrogens is 318 g/mol. The lowest BCUT2D eigenvalue weighted by Crippen LogP contribution is -2.37. The predicted octanol–water partition coefficient (Wildman–Crippen LogP) is 3.57. The van der Waals surface area contributed by atoms with E-state index in [4.69, 9.17) is 14.2 Å². The molecule has 0 aliphatic carbocycles. The zero-order valence-corrected chi connectivity index (χ0v) is 15.0. The molecule has 1 amide bonds. The van der Waals surface area contributed by atoms with Gasteiger partial charge in [-0.2, -0.15) is 0 Å². The highest BCUT2D eigenvalue weighted by Crippen LogP contribution is 2.27. The standard InChI is InChI=1S/C20H25NO4/c1-4-16(25-19-13-9-8-12-18(19)23-3)20(22)21-14-15-10-6-7-11-17(15)24-5-2/h6-13,16H,4-5,14H2,1-3H3,(H,21,22)/t16-/m1/s1. The van der Waals surface area contributed by atoms with Crippen LogP contribution in [0.5, 0.6) is 17.2 Å². The molecule has 0 aromatic heterocycles. The maximum Gasteiger partial charge on any atom is 0.261 e. The summed E-state index contributed by atoms with van der Waals surface area (Å²) in [5.74, 6) is 1.78. The Kier molecular flexibility index (Phi) is 7.14.